The SMILES string of the molecule is Cl.O=C(CCc1ccc(Cl)cc1Cl)NC1CCCNC1. The van der Waals surface area contributed by atoms with E-state index in [0.717, 1.165) is 31.5 Å². The van der Waals surface area contributed by atoms with Gasteiger partial charge in [-0.25, -0.2) is 0 Å². The molecule has 0 radical (unpaired) electrons. The van der Waals surface area contributed by atoms with E-state index in [2.05, 4.69) is 10.6 Å². The summed E-state index contributed by atoms with van der Waals surface area (Å²) in [6, 6.07) is 5.65. The summed E-state index contributed by atoms with van der Waals surface area (Å²) in [6.45, 7) is 1.92. The summed E-state index contributed by atoms with van der Waals surface area (Å²) in [4.78, 5) is 11.9. The van der Waals surface area contributed by atoms with Crippen LogP contribution in [0.1, 0.15) is 24.8 Å². The van der Waals surface area contributed by atoms with Crippen molar-refractivity contribution in [1.82, 2.24) is 10.6 Å². The molecule has 1 aliphatic heterocycles. The molecule has 1 heterocycles. The van der Waals surface area contributed by atoms with E-state index in [9.17, 15) is 4.79 Å². The van der Waals surface area contributed by atoms with Crippen molar-refractivity contribution >= 4 is 41.5 Å². The lowest BCUT2D eigenvalue weighted by molar-refractivity contribution is -0.121. The van der Waals surface area contributed by atoms with Crippen LogP contribution in [0.3, 0.4) is 0 Å². The topological polar surface area (TPSA) is 41.1 Å². The summed E-state index contributed by atoms with van der Waals surface area (Å²) in [5.41, 5.74) is 0.961. The van der Waals surface area contributed by atoms with Crippen molar-refractivity contribution in [1.29, 1.82) is 0 Å². The zero-order valence-corrected chi connectivity index (χ0v) is 13.5. The second kappa shape index (κ2) is 8.73. The van der Waals surface area contributed by atoms with E-state index in [1.54, 1.807) is 12.1 Å². The number of piperidine rings is 1. The Hall–Kier alpha value is -0.480. The van der Waals surface area contributed by atoms with E-state index >= 15 is 0 Å². The van der Waals surface area contributed by atoms with E-state index in [-0.39, 0.29) is 24.4 Å². The predicted octanol–water partition coefficient (Wildman–Crippen LogP) is 3.22. The van der Waals surface area contributed by atoms with Crippen molar-refractivity contribution < 1.29 is 4.79 Å². The summed E-state index contributed by atoms with van der Waals surface area (Å²) in [6.07, 6.45) is 3.27. The highest BCUT2D eigenvalue weighted by atomic mass is 35.5. The third-order valence-corrected chi connectivity index (χ3v) is 3.89. The maximum atomic E-state index is 11.9. The lowest BCUT2D eigenvalue weighted by atomic mass is 10.1. The van der Waals surface area contributed by atoms with Crippen LogP contribution in [0.2, 0.25) is 10.0 Å². The summed E-state index contributed by atoms with van der Waals surface area (Å²) >= 11 is 11.9. The molecule has 20 heavy (non-hydrogen) atoms. The Morgan fingerprint density at radius 1 is 1.40 bits per heavy atom. The van der Waals surface area contributed by atoms with Crippen molar-refractivity contribution in [3.63, 3.8) is 0 Å². The molecule has 1 fully saturated rings. The fourth-order valence-electron chi connectivity index (χ4n) is 2.25. The molecule has 0 spiro atoms. The molecule has 1 atom stereocenters. The van der Waals surface area contributed by atoms with Crippen LogP contribution < -0.4 is 10.6 Å². The minimum absolute atomic E-state index is 0. The molecule has 1 unspecified atom stereocenters. The van der Waals surface area contributed by atoms with Crippen LogP contribution in [0.25, 0.3) is 0 Å². The second-order valence-corrected chi connectivity index (χ2v) is 5.69. The number of amides is 1. The van der Waals surface area contributed by atoms with Gasteiger partial charge in [0, 0.05) is 29.1 Å². The second-order valence-electron chi connectivity index (χ2n) is 4.85. The monoisotopic (exact) mass is 336 g/mol. The maximum Gasteiger partial charge on any atom is 0.220 e. The molecule has 0 aliphatic carbocycles. The van der Waals surface area contributed by atoms with Crippen LogP contribution >= 0.6 is 35.6 Å². The average Bonchev–Trinajstić information content (AvgIpc) is 2.39. The summed E-state index contributed by atoms with van der Waals surface area (Å²) < 4.78 is 0. The van der Waals surface area contributed by atoms with Crippen molar-refractivity contribution in [3.8, 4) is 0 Å². The van der Waals surface area contributed by atoms with Crippen molar-refractivity contribution in [2.75, 3.05) is 13.1 Å². The van der Waals surface area contributed by atoms with Crippen LogP contribution in [0.15, 0.2) is 18.2 Å². The Morgan fingerprint density at radius 2 is 2.20 bits per heavy atom. The first-order valence-electron chi connectivity index (χ1n) is 6.59. The summed E-state index contributed by atoms with van der Waals surface area (Å²) in [5.74, 6) is 0.0831. The van der Waals surface area contributed by atoms with Gasteiger partial charge in [-0.15, -0.1) is 12.4 Å². The van der Waals surface area contributed by atoms with Gasteiger partial charge in [0.25, 0.3) is 0 Å². The molecule has 0 saturated carbocycles. The van der Waals surface area contributed by atoms with Crippen molar-refractivity contribution in [2.45, 2.75) is 31.7 Å². The third-order valence-electron chi connectivity index (χ3n) is 3.30. The normalized spacial score (nSPS) is 18.2. The van der Waals surface area contributed by atoms with Gasteiger partial charge in [-0.2, -0.15) is 0 Å². The Bertz CT molecular complexity index is 448. The van der Waals surface area contributed by atoms with Crippen LogP contribution in [0.5, 0.6) is 0 Å². The number of benzene rings is 1. The molecular formula is C14H19Cl3N2O. The van der Waals surface area contributed by atoms with Gasteiger partial charge in [-0.05, 0) is 43.5 Å². The molecule has 2 rings (SSSR count). The Kier molecular flexibility index (Phi) is 7.67. The lowest BCUT2D eigenvalue weighted by Crippen LogP contribution is -2.45. The van der Waals surface area contributed by atoms with Crippen LogP contribution in [-0.4, -0.2) is 25.0 Å². The first-order chi connectivity index (χ1) is 9.15. The van der Waals surface area contributed by atoms with Gasteiger partial charge >= 0.3 is 0 Å². The standard InChI is InChI=1S/C14H18Cl2N2O.ClH/c15-11-5-3-10(13(16)8-11)4-6-14(19)18-12-2-1-7-17-9-12;/h3,5,8,12,17H,1-2,4,6-7,9H2,(H,18,19);1H. The summed E-state index contributed by atoms with van der Waals surface area (Å²) in [7, 11) is 0. The number of nitrogens with one attached hydrogen (secondary N) is 2. The lowest BCUT2D eigenvalue weighted by Gasteiger charge is -2.23. The fourth-order valence-corrected chi connectivity index (χ4v) is 2.75. The highest BCUT2D eigenvalue weighted by molar-refractivity contribution is 6.35. The number of aryl methyl sites for hydroxylation is 1. The van der Waals surface area contributed by atoms with Gasteiger partial charge in [-0.3, -0.25) is 4.79 Å². The zero-order chi connectivity index (χ0) is 13.7. The number of hydrogen-bond acceptors (Lipinski definition) is 2. The maximum absolute atomic E-state index is 11.9. The first-order valence-corrected chi connectivity index (χ1v) is 7.35. The number of halogens is 3. The first kappa shape index (κ1) is 17.6. The Labute approximate surface area is 135 Å². The minimum atomic E-state index is 0. The number of carbonyl (C=O) groups is 1. The Balaban J connectivity index is 0.00000200. The molecule has 1 aromatic carbocycles. The van der Waals surface area contributed by atoms with Gasteiger partial charge in [-0.1, -0.05) is 29.3 Å². The predicted molar refractivity (Wildman–Crippen MR) is 86.1 cm³/mol. The van der Waals surface area contributed by atoms with Crippen molar-refractivity contribution in [3.05, 3.63) is 33.8 Å². The quantitative estimate of drug-likeness (QED) is 0.886. The Morgan fingerprint density at radius 3 is 2.85 bits per heavy atom. The molecule has 112 valence electrons. The van der Waals surface area contributed by atoms with Gasteiger partial charge in [0.05, 0.1) is 0 Å². The van der Waals surface area contributed by atoms with E-state index < -0.39 is 0 Å². The number of hydrogen-bond donors (Lipinski definition) is 2. The highest BCUT2D eigenvalue weighted by Crippen LogP contribution is 2.22. The van der Waals surface area contributed by atoms with Crippen LogP contribution in [0, 0.1) is 0 Å². The number of carbonyl (C=O) groups excluding carboxylic acids is 1. The molecule has 0 bridgehead atoms. The van der Waals surface area contributed by atoms with Gasteiger partial charge in [0.1, 0.15) is 0 Å². The third kappa shape index (κ3) is 5.49. The number of rotatable bonds is 4. The van der Waals surface area contributed by atoms with Gasteiger partial charge in [0.15, 0.2) is 0 Å². The van der Waals surface area contributed by atoms with Gasteiger partial charge in [0.2, 0.25) is 5.91 Å². The fraction of sp³-hybridized carbons (Fsp3) is 0.500. The zero-order valence-electron chi connectivity index (χ0n) is 11.1. The van der Waals surface area contributed by atoms with E-state index in [0.29, 0.717) is 22.9 Å². The van der Waals surface area contributed by atoms with Crippen molar-refractivity contribution in [2.24, 2.45) is 0 Å². The van der Waals surface area contributed by atoms with Gasteiger partial charge < -0.3 is 10.6 Å². The molecule has 1 amide bonds. The van der Waals surface area contributed by atoms with E-state index in [4.69, 9.17) is 23.2 Å². The molecule has 1 aliphatic rings. The summed E-state index contributed by atoms with van der Waals surface area (Å²) in [5, 5.41) is 7.57. The molecule has 3 nitrogen and oxygen atoms in total. The smallest absolute Gasteiger partial charge is 0.220 e. The largest absolute Gasteiger partial charge is 0.352 e. The molecular weight excluding hydrogens is 319 g/mol. The molecule has 2 N–H and O–H groups in total. The molecule has 0 aromatic heterocycles. The average molecular weight is 338 g/mol. The molecule has 6 heteroatoms. The highest BCUT2D eigenvalue weighted by Gasteiger charge is 2.15. The molecule has 1 aromatic rings. The minimum Gasteiger partial charge on any atom is -0.352 e. The van der Waals surface area contributed by atoms with Crippen LogP contribution in [-0.2, 0) is 11.2 Å². The molecule has 1 saturated heterocycles. The van der Waals surface area contributed by atoms with Crippen LogP contribution in [0.4, 0.5) is 0 Å². The van der Waals surface area contributed by atoms with E-state index in [1.165, 1.54) is 0 Å². The van der Waals surface area contributed by atoms with E-state index in [1.807, 2.05) is 6.07 Å².